The Hall–Kier alpha value is -2.99. The molecule has 1 aliphatic heterocycles. The van der Waals surface area contributed by atoms with Gasteiger partial charge < -0.3 is 9.32 Å². The molecule has 0 amide bonds. The first kappa shape index (κ1) is 18.4. The Kier molecular flexibility index (Phi) is 5.21. The normalized spacial score (nSPS) is 15.0. The molecule has 2 heterocycles. The molecule has 5 nitrogen and oxygen atoms in total. The van der Waals surface area contributed by atoms with Crippen LogP contribution in [0.4, 0.5) is 10.1 Å². The molecule has 2 aromatic carbocycles. The Bertz CT molecular complexity index is 943. The average molecular weight is 379 g/mol. The van der Waals surface area contributed by atoms with Crippen LogP contribution in [-0.2, 0) is 6.54 Å². The van der Waals surface area contributed by atoms with E-state index in [0.29, 0.717) is 18.2 Å². The summed E-state index contributed by atoms with van der Waals surface area (Å²) in [6.45, 7) is 5.86. The predicted molar refractivity (Wildman–Crippen MR) is 106 cm³/mol. The highest BCUT2D eigenvalue weighted by Gasteiger charge is 2.19. The summed E-state index contributed by atoms with van der Waals surface area (Å²) in [5.41, 5.74) is 2.70. The van der Waals surface area contributed by atoms with Crippen LogP contribution in [-0.4, -0.2) is 41.8 Å². The van der Waals surface area contributed by atoms with Crippen molar-refractivity contribution in [3.63, 3.8) is 0 Å². The molecule has 1 aliphatic rings. The minimum absolute atomic E-state index is 0.0855. The van der Waals surface area contributed by atoms with Crippen LogP contribution in [0, 0.1) is 5.82 Å². The van der Waals surface area contributed by atoms with Crippen molar-refractivity contribution in [1.82, 2.24) is 9.88 Å². The zero-order chi connectivity index (χ0) is 19.5. The average Bonchev–Trinajstić information content (AvgIpc) is 3.18. The second kappa shape index (κ2) is 7.94. The van der Waals surface area contributed by atoms with Crippen molar-refractivity contribution in [2.24, 2.45) is 0 Å². The fraction of sp³-hybridized carbons (Fsp3) is 0.273. The van der Waals surface area contributed by atoms with E-state index in [9.17, 15) is 9.18 Å². The van der Waals surface area contributed by atoms with Crippen LogP contribution in [0.3, 0.4) is 0 Å². The number of aromatic nitrogens is 1. The van der Waals surface area contributed by atoms with Gasteiger partial charge in [-0.25, -0.2) is 9.37 Å². The number of anilines is 1. The highest BCUT2D eigenvalue weighted by Crippen LogP contribution is 2.22. The van der Waals surface area contributed by atoms with Crippen molar-refractivity contribution in [2.45, 2.75) is 13.5 Å². The zero-order valence-electron chi connectivity index (χ0n) is 15.8. The van der Waals surface area contributed by atoms with Crippen LogP contribution in [0.15, 0.2) is 59.1 Å². The minimum atomic E-state index is -0.266. The third-order valence-corrected chi connectivity index (χ3v) is 5.05. The number of halogens is 1. The lowest BCUT2D eigenvalue weighted by molar-refractivity contribution is 0.101. The lowest BCUT2D eigenvalue weighted by atomic mass is 10.1. The van der Waals surface area contributed by atoms with Gasteiger partial charge in [0, 0.05) is 43.0 Å². The number of Topliss-reactive ketones (excluding diaryl/α,β-unsaturated/α-hetero) is 1. The highest BCUT2D eigenvalue weighted by atomic mass is 19.1. The van der Waals surface area contributed by atoms with Crippen LogP contribution in [0.25, 0.3) is 11.3 Å². The summed E-state index contributed by atoms with van der Waals surface area (Å²) in [4.78, 5) is 20.4. The fourth-order valence-electron chi connectivity index (χ4n) is 3.39. The molecule has 0 bridgehead atoms. The van der Waals surface area contributed by atoms with Crippen LogP contribution in [0.2, 0.25) is 0 Å². The van der Waals surface area contributed by atoms with E-state index in [2.05, 4.69) is 14.8 Å². The van der Waals surface area contributed by atoms with Gasteiger partial charge in [-0.2, -0.15) is 0 Å². The maximum atomic E-state index is 13.1. The lowest BCUT2D eigenvalue weighted by Crippen LogP contribution is -2.46. The van der Waals surface area contributed by atoms with E-state index in [1.807, 2.05) is 24.3 Å². The lowest BCUT2D eigenvalue weighted by Gasteiger charge is -2.35. The zero-order valence-corrected chi connectivity index (χ0v) is 15.8. The van der Waals surface area contributed by atoms with E-state index in [-0.39, 0.29) is 11.6 Å². The second-order valence-electron chi connectivity index (χ2n) is 6.99. The number of hydrogen-bond acceptors (Lipinski definition) is 5. The topological polar surface area (TPSA) is 49.6 Å². The molecule has 0 unspecified atom stereocenters. The monoisotopic (exact) mass is 379 g/mol. The van der Waals surface area contributed by atoms with Crippen molar-refractivity contribution < 1.29 is 13.6 Å². The van der Waals surface area contributed by atoms with Crippen LogP contribution < -0.4 is 4.90 Å². The SMILES string of the molecule is CC(=O)c1ccc(N2CCN(Cc3ncc(-c4ccc(F)cc4)o3)CC2)cc1. The standard InChI is InChI=1S/C22H22FN3O2/c1-16(27)17-4-8-20(9-5-17)26-12-10-25(11-13-26)15-22-24-14-21(28-22)18-2-6-19(23)7-3-18/h2-9,14H,10-13,15H2,1H3. The number of ketones is 1. The van der Waals surface area contributed by atoms with Crippen molar-refractivity contribution in [1.29, 1.82) is 0 Å². The maximum Gasteiger partial charge on any atom is 0.209 e. The molecule has 0 spiro atoms. The van der Waals surface area contributed by atoms with Gasteiger partial charge in [-0.15, -0.1) is 0 Å². The van der Waals surface area contributed by atoms with Gasteiger partial charge in [0.2, 0.25) is 5.89 Å². The molecule has 0 aliphatic carbocycles. The molecule has 0 radical (unpaired) electrons. The number of carbonyl (C=O) groups excluding carboxylic acids is 1. The summed E-state index contributed by atoms with van der Waals surface area (Å²) in [7, 11) is 0. The first-order valence-electron chi connectivity index (χ1n) is 9.37. The van der Waals surface area contributed by atoms with Gasteiger partial charge in [-0.1, -0.05) is 0 Å². The van der Waals surface area contributed by atoms with Crippen molar-refractivity contribution in [3.05, 3.63) is 72.0 Å². The second-order valence-corrected chi connectivity index (χ2v) is 6.99. The summed E-state index contributed by atoms with van der Waals surface area (Å²) in [5, 5.41) is 0. The van der Waals surface area contributed by atoms with Gasteiger partial charge in [-0.3, -0.25) is 9.69 Å². The third-order valence-electron chi connectivity index (χ3n) is 5.05. The van der Waals surface area contributed by atoms with Crippen molar-refractivity contribution >= 4 is 11.5 Å². The van der Waals surface area contributed by atoms with E-state index in [1.165, 1.54) is 12.1 Å². The molecule has 1 saturated heterocycles. The molecular weight excluding hydrogens is 357 g/mol. The van der Waals surface area contributed by atoms with Gasteiger partial charge in [0.05, 0.1) is 12.7 Å². The van der Waals surface area contributed by atoms with Gasteiger partial charge >= 0.3 is 0 Å². The highest BCUT2D eigenvalue weighted by molar-refractivity contribution is 5.94. The summed E-state index contributed by atoms with van der Waals surface area (Å²) < 4.78 is 18.9. The van der Waals surface area contributed by atoms with Gasteiger partial charge in [-0.05, 0) is 55.5 Å². The Morgan fingerprint density at radius 2 is 1.71 bits per heavy atom. The molecule has 3 aromatic rings. The maximum absolute atomic E-state index is 13.1. The van der Waals surface area contributed by atoms with Crippen molar-refractivity contribution in [2.75, 3.05) is 31.1 Å². The molecule has 4 rings (SSSR count). The molecule has 0 N–H and O–H groups in total. The number of hydrogen-bond donors (Lipinski definition) is 0. The molecule has 1 aromatic heterocycles. The fourth-order valence-corrected chi connectivity index (χ4v) is 3.39. The first-order chi connectivity index (χ1) is 13.6. The van der Waals surface area contributed by atoms with Crippen molar-refractivity contribution in [3.8, 4) is 11.3 Å². The number of carbonyl (C=O) groups is 1. The summed E-state index contributed by atoms with van der Waals surface area (Å²) >= 11 is 0. The van der Waals surface area contributed by atoms with Gasteiger partial charge in [0.15, 0.2) is 11.5 Å². The third kappa shape index (κ3) is 4.12. The molecule has 1 fully saturated rings. The van der Waals surface area contributed by atoms with E-state index in [1.54, 1.807) is 25.3 Å². The Balaban J connectivity index is 1.33. The molecule has 28 heavy (non-hydrogen) atoms. The number of piperazine rings is 1. The number of benzene rings is 2. The predicted octanol–water partition coefficient (Wildman–Crippen LogP) is 4.01. The first-order valence-corrected chi connectivity index (χ1v) is 9.37. The minimum Gasteiger partial charge on any atom is -0.439 e. The number of nitrogens with zero attached hydrogens (tertiary/aromatic N) is 3. The van der Waals surface area contributed by atoms with Crippen LogP contribution in [0.1, 0.15) is 23.2 Å². The Morgan fingerprint density at radius 3 is 2.36 bits per heavy atom. The van der Waals surface area contributed by atoms with E-state index >= 15 is 0 Å². The van der Waals surface area contributed by atoms with Gasteiger partial charge in [0.25, 0.3) is 0 Å². The van der Waals surface area contributed by atoms with Gasteiger partial charge in [0.1, 0.15) is 5.82 Å². The summed E-state index contributed by atoms with van der Waals surface area (Å²) in [6, 6.07) is 14.0. The summed E-state index contributed by atoms with van der Waals surface area (Å²) in [6.07, 6.45) is 1.69. The Labute approximate surface area is 163 Å². The van der Waals surface area contributed by atoms with E-state index < -0.39 is 0 Å². The van der Waals surface area contributed by atoms with Crippen LogP contribution >= 0.6 is 0 Å². The molecule has 0 saturated carbocycles. The number of rotatable bonds is 5. The largest absolute Gasteiger partial charge is 0.439 e. The smallest absolute Gasteiger partial charge is 0.209 e. The Morgan fingerprint density at radius 1 is 1.04 bits per heavy atom. The molecule has 0 atom stereocenters. The van der Waals surface area contributed by atoms with E-state index in [0.717, 1.165) is 43.0 Å². The molecular formula is C22H22FN3O2. The quantitative estimate of drug-likeness (QED) is 0.627. The number of oxazole rings is 1. The summed E-state index contributed by atoms with van der Waals surface area (Å²) in [5.74, 6) is 1.14. The van der Waals surface area contributed by atoms with E-state index in [4.69, 9.17) is 4.42 Å². The molecule has 6 heteroatoms. The molecule has 144 valence electrons. The van der Waals surface area contributed by atoms with Crippen LogP contribution in [0.5, 0.6) is 0 Å².